The molecule has 0 bridgehead atoms. The van der Waals surface area contributed by atoms with Crippen molar-refractivity contribution in [2.24, 2.45) is 0 Å². The lowest BCUT2D eigenvalue weighted by atomic mass is 10.2. The van der Waals surface area contributed by atoms with Crippen LogP contribution in [0.25, 0.3) is 0 Å². The number of amides is 2. The molecule has 1 saturated heterocycles. The van der Waals surface area contributed by atoms with Crippen LogP contribution in [-0.2, 0) is 4.79 Å². The van der Waals surface area contributed by atoms with Crippen LogP contribution in [0.2, 0.25) is 10.0 Å². The first kappa shape index (κ1) is 18.4. The van der Waals surface area contributed by atoms with Gasteiger partial charge < -0.3 is 4.90 Å². The number of aromatic nitrogens is 2. The molecule has 1 fully saturated rings. The molecule has 1 aliphatic rings. The Bertz CT molecular complexity index is 794. The van der Waals surface area contributed by atoms with Crippen molar-refractivity contribution in [3.63, 3.8) is 0 Å². The summed E-state index contributed by atoms with van der Waals surface area (Å²) in [6.45, 7) is 1.66. The fourth-order valence-electron chi connectivity index (χ4n) is 2.34. The number of rotatable bonds is 5. The van der Waals surface area contributed by atoms with Gasteiger partial charge in [-0.2, -0.15) is 0 Å². The Morgan fingerprint density at radius 2 is 2.00 bits per heavy atom. The number of anilines is 1. The van der Waals surface area contributed by atoms with Crippen LogP contribution in [0.15, 0.2) is 22.5 Å². The highest BCUT2D eigenvalue weighted by atomic mass is 35.5. The molecule has 0 saturated carbocycles. The van der Waals surface area contributed by atoms with Crippen molar-refractivity contribution in [2.75, 3.05) is 24.2 Å². The van der Waals surface area contributed by atoms with E-state index in [1.807, 2.05) is 4.90 Å². The van der Waals surface area contributed by atoms with E-state index in [1.165, 1.54) is 29.2 Å². The molecule has 0 aliphatic carbocycles. The standard InChI is InChI=1S/C15H14Cl2N4O2S2/c16-9-3-4-10(11(17)7-9)13(23)18-14-19-20-15(25-14)24-8-12(22)21-5-1-2-6-21/h3-4,7H,1-2,5-6,8H2,(H,18,19,23). The average Bonchev–Trinajstić information content (AvgIpc) is 3.24. The minimum atomic E-state index is -0.387. The van der Waals surface area contributed by atoms with Crippen molar-refractivity contribution >= 4 is 63.2 Å². The number of carbonyl (C=O) groups is 2. The van der Waals surface area contributed by atoms with Gasteiger partial charge in [-0.15, -0.1) is 10.2 Å². The molecule has 1 aromatic carbocycles. The molecular formula is C15H14Cl2N4O2S2. The van der Waals surface area contributed by atoms with Crippen molar-refractivity contribution in [2.45, 2.75) is 17.2 Å². The molecular weight excluding hydrogens is 403 g/mol. The van der Waals surface area contributed by atoms with Gasteiger partial charge in [0.2, 0.25) is 11.0 Å². The number of thioether (sulfide) groups is 1. The summed E-state index contributed by atoms with van der Waals surface area (Å²) in [5.41, 5.74) is 0.305. The van der Waals surface area contributed by atoms with Crippen LogP contribution in [0.5, 0.6) is 0 Å². The van der Waals surface area contributed by atoms with Gasteiger partial charge in [0.15, 0.2) is 4.34 Å². The number of hydrogen-bond donors (Lipinski definition) is 1. The molecule has 1 aliphatic heterocycles. The van der Waals surface area contributed by atoms with Crippen LogP contribution >= 0.6 is 46.3 Å². The van der Waals surface area contributed by atoms with Gasteiger partial charge in [0.1, 0.15) is 0 Å². The smallest absolute Gasteiger partial charge is 0.259 e. The third kappa shape index (κ3) is 4.84. The van der Waals surface area contributed by atoms with E-state index in [9.17, 15) is 9.59 Å². The Morgan fingerprint density at radius 3 is 2.72 bits per heavy atom. The normalized spacial score (nSPS) is 13.9. The number of likely N-dealkylation sites (tertiary alicyclic amines) is 1. The number of nitrogens with zero attached hydrogens (tertiary/aromatic N) is 3. The zero-order chi connectivity index (χ0) is 17.8. The van der Waals surface area contributed by atoms with E-state index in [4.69, 9.17) is 23.2 Å². The highest BCUT2D eigenvalue weighted by Gasteiger charge is 2.19. The molecule has 3 rings (SSSR count). The molecule has 0 radical (unpaired) electrons. The second-order valence-electron chi connectivity index (χ2n) is 5.33. The Hall–Kier alpha value is -1.35. The van der Waals surface area contributed by atoms with Crippen molar-refractivity contribution < 1.29 is 9.59 Å². The number of benzene rings is 1. The highest BCUT2D eigenvalue weighted by molar-refractivity contribution is 8.01. The molecule has 25 heavy (non-hydrogen) atoms. The van der Waals surface area contributed by atoms with Crippen LogP contribution in [0, 0.1) is 0 Å². The van der Waals surface area contributed by atoms with E-state index in [2.05, 4.69) is 15.5 Å². The largest absolute Gasteiger partial charge is 0.342 e. The van der Waals surface area contributed by atoms with E-state index < -0.39 is 0 Å². The molecule has 1 aromatic heterocycles. The first-order valence-corrected chi connectivity index (χ1v) is 10.1. The van der Waals surface area contributed by atoms with E-state index in [0.29, 0.717) is 25.8 Å². The van der Waals surface area contributed by atoms with E-state index in [1.54, 1.807) is 12.1 Å². The Balaban J connectivity index is 1.56. The number of nitrogens with one attached hydrogen (secondary N) is 1. The average molecular weight is 417 g/mol. The van der Waals surface area contributed by atoms with Gasteiger partial charge in [0, 0.05) is 18.1 Å². The molecule has 10 heteroatoms. The molecule has 132 valence electrons. The van der Waals surface area contributed by atoms with Crippen molar-refractivity contribution in [1.29, 1.82) is 0 Å². The van der Waals surface area contributed by atoms with E-state index in [-0.39, 0.29) is 16.8 Å². The van der Waals surface area contributed by atoms with Crippen LogP contribution < -0.4 is 5.32 Å². The van der Waals surface area contributed by atoms with Gasteiger partial charge in [-0.25, -0.2) is 0 Å². The SMILES string of the molecule is O=C(Nc1nnc(SCC(=O)N2CCCC2)s1)c1ccc(Cl)cc1Cl. The maximum Gasteiger partial charge on any atom is 0.259 e. The first-order valence-electron chi connectivity index (χ1n) is 7.53. The topological polar surface area (TPSA) is 75.2 Å². The summed E-state index contributed by atoms with van der Waals surface area (Å²) in [6.07, 6.45) is 2.14. The van der Waals surface area contributed by atoms with Gasteiger partial charge in [-0.3, -0.25) is 14.9 Å². The van der Waals surface area contributed by atoms with Gasteiger partial charge in [0.05, 0.1) is 16.3 Å². The third-order valence-electron chi connectivity index (χ3n) is 3.58. The van der Waals surface area contributed by atoms with Crippen LogP contribution in [-0.4, -0.2) is 45.8 Å². The summed E-state index contributed by atoms with van der Waals surface area (Å²) in [5, 5.41) is 11.6. The fourth-order valence-corrected chi connectivity index (χ4v) is 4.48. The van der Waals surface area contributed by atoms with Crippen LogP contribution in [0.4, 0.5) is 5.13 Å². The lowest BCUT2D eigenvalue weighted by Crippen LogP contribution is -2.29. The molecule has 2 amide bonds. The quantitative estimate of drug-likeness (QED) is 0.592. The van der Waals surface area contributed by atoms with Crippen LogP contribution in [0.3, 0.4) is 0 Å². The second kappa shape index (κ2) is 8.35. The Kier molecular flexibility index (Phi) is 6.16. The Morgan fingerprint density at radius 1 is 1.24 bits per heavy atom. The molecule has 0 unspecified atom stereocenters. The zero-order valence-electron chi connectivity index (χ0n) is 13.0. The minimum absolute atomic E-state index is 0.108. The highest BCUT2D eigenvalue weighted by Crippen LogP contribution is 2.27. The summed E-state index contributed by atoms with van der Waals surface area (Å²) in [7, 11) is 0. The van der Waals surface area contributed by atoms with E-state index >= 15 is 0 Å². The maximum atomic E-state index is 12.2. The van der Waals surface area contributed by atoms with Crippen molar-refractivity contribution in [3.8, 4) is 0 Å². The van der Waals surface area contributed by atoms with Gasteiger partial charge in [-0.1, -0.05) is 46.3 Å². The molecule has 0 atom stereocenters. The number of halogens is 2. The molecule has 1 N–H and O–H groups in total. The van der Waals surface area contributed by atoms with Gasteiger partial charge in [-0.05, 0) is 31.0 Å². The maximum absolute atomic E-state index is 12.2. The molecule has 2 heterocycles. The lowest BCUT2D eigenvalue weighted by Gasteiger charge is -2.13. The predicted octanol–water partition coefficient (Wildman–Crippen LogP) is 3.81. The predicted molar refractivity (Wildman–Crippen MR) is 101 cm³/mol. The molecule has 6 nitrogen and oxygen atoms in total. The van der Waals surface area contributed by atoms with Gasteiger partial charge >= 0.3 is 0 Å². The molecule has 0 spiro atoms. The summed E-state index contributed by atoms with van der Waals surface area (Å²) >= 11 is 14.4. The minimum Gasteiger partial charge on any atom is -0.342 e. The fraction of sp³-hybridized carbons (Fsp3) is 0.333. The number of hydrogen-bond acceptors (Lipinski definition) is 6. The monoisotopic (exact) mass is 416 g/mol. The number of carbonyl (C=O) groups excluding carboxylic acids is 2. The van der Waals surface area contributed by atoms with Crippen molar-refractivity contribution in [1.82, 2.24) is 15.1 Å². The van der Waals surface area contributed by atoms with Crippen molar-refractivity contribution in [3.05, 3.63) is 33.8 Å². The van der Waals surface area contributed by atoms with Gasteiger partial charge in [0.25, 0.3) is 5.91 Å². The zero-order valence-corrected chi connectivity index (χ0v) is 16.1. The first-order chi connectivity index (χ1) is 12.0. The summed E-state index contributed by atoms with van der Waals surface area (Å²) in [6, 6.07) is 4.64. The molecule has 2 aromatic rings. The van der Waals surface area contributed by atoms with E-state index in [0.717, 1.165) is 25.9 Å². The summed E-state index contributed by atoms with van der Waals surface area (Å²) in [5.74, 6) is 0.0460. The second-order valence-corrected chi connectivity index (χ2v) is 8.37. The Labute approximate surface area is 162 Å². The summed E-state index contributed by atoms with van der Waals surface area (Å²) in [4.78, 5) is 26.1. The third-order valence-corrected chi connectivity index (χ3v) is 6.09. The summed E-state index contributed by atoms with van der Waals surface area (Å²) < 4.78 is 0.630. The van der Waals surface area contributed by atoms with Crippen LogP contribution in [0.1, 0.15) is 23.2 Å². The lowest BCUT2D eigenvalue weighted by molar-refractivity contribution is -0.127.